The molecule has 9 heteroatoms. The average Bonchev–Trinajstić information content (AvgIpc) is 3.21. The van der Waals surface area contributed by atoms with Crippen molar-refractivity contribution in [2.24, 2.45) is 0 Å². The molecule has 1 aromatic rings. The number of nitrogens with one attached hydrogen (secondary N) is 1. The number of hydrogen-bond acceptors (Lipinski definition) is 7. The van der Waals surface area contributed by atoms with Crippen LogP contribution in [0.2, 0.25) is 0 Å². The molecule has 122 valence electrons. The van der Waals surface area contributed by atoms with Crippen molar-refractivity contribution in [3.05, 3.63) is 17.0 Å². The van der Waals surface area contributed by atoms with Gasteiger partial charge in [-0.3, -0.25) is 9.59 Å². The minimum Gasteiger partial charge on any atom is -0.455 e. The lowest BCUT2D eigenvalue weighted by Gasteiger charge is -2.17. The van der Waals surface area contributed by atoms with Gasteiger partial charge in [0.15, 0.2) is 6.61 Å². The molecule has 6 nitrogen and oxygen atoms in total. The Kier molecular flexibility index (Phi) is 6.83. The van der Waals surface area contributed by atoms with E-state index in [1.807, 2.05) is 6.07 Å². The van der Waals surface area contributed by atoms with Crippen LogP contribution in [-0.4, -0.2) is 46.5 Å². The molecule has 0 unspecified atom stereocenters. The van der Waals surface area contributed by atoms with E-state index in [4.69, 9.17) is 22.2 Å². The molecule has 0 bridgehead atoms. The summed E-state index contributed by atoms with van der Waals surface area (Å²) in [4.78, 5) is 25.4. The molecular weight excluding hydrogens is 354 g/mol. The van der Waals surface area contributed by atoms with E-state index >= 15 is 0 Å². The van der Waals surface area contributed by atoms with Crippen molar-refractivity contribution >= 4 is 56.5 Å². The van der Waals surface area contributed by atoms with Crippen molar-refractivity contribution in [2.45, 2.75) is 12.8 Å². The van der Waals surface area contributed by atoms with Gasteiger partial charge in [0.05, 0.1) is 11.3 Å². The van der Waals surface area contributed by atoms with Gasteiger partial charge in [0.25, 0.3) is 5.91 Å². The van der Waals surface area contributed by atoms with Gasteiger partial charge in [-0.1, -0.05) is 24.0 Å². The van der Waals surface area contributed by atoms with Crippen molar-refractivity contribution in [3.63, 3.8) is 0 Å². The molecule has 1 aromatic heterocycles. The third kappa shape index (κ3) is 5.49. The van der Waals surface area contributed by atoms with Crippen LogP contribution in [0.1, 0.15) is 18.4 Å². The fraction of sp³-hybridized carbons (Fsp3) is 0.429. The molecule has 1 fully saturated rings. The predicted octanol–water partition coefficient (Wildman–Crippen LogP) is 2.22. The Morgan fingerprint density at radius 3 is 2.91 bits per heavy atom. The van der Waals surface area contributed by atoms with Crippen LogP contribution in [-0.2, 0) is 14.3 Å². The van der Waals surface area contributed by atoms with E-state index in [1.165, 1.54) is 23.1 Å². The molecule has 0 aliphatic carbocycles. The van der Waals surface area contributed by atoms with Gasteiger partial charge in [-0.25, -0.2) is 0 Å². The molecule has 2 rings (SSSR count). The van der Waals surface area contributed by atoms with Crippen LogP contribution in [0.4, 0.5) is 5.00 Å². The van der Waals surface area contributed by atoms with E-state index < -0.39 is 11.9 Å². The molecule has 0 aromatic carbocycles. The summed E-state index contributed by atoms with van der Waals surface area (Å²) < 4.78 is 5.61. The Bertz CT molecular complexity index is 633. The Morgan fingerprint density at radius 1 is 1.48 bits per heavy atom. The monoisotopic (exact) mass is 369 g/mol. The quantitative estimate of drug-likeness (QED) is 0.629. The van der Waals surface area contributed by atoms with Crippen LogP contribution in [0.25, 0.3) is 0 Å². The summed E-state index contributed by atoms with van der Waals surface area (Å²) in [5.74, 6) is -0.867. The van der Waals surface area contributed by atoms with Gasteiger partial charge in [0.2, 0.25) is 0 Å². The van der Waals surface area contributed by atoms with Gasteiger partial charge in [-0.15, -0.1) is 11.3 Å². The maximum atomic E-state index is 11.7. The van der Waals surface area contributed by atoms with Gasteiger partial charge in [-0.05, 0) is 24.3 Å². The molecule has 2 heterocycles. The Morgan fingerprint density at radius 2 is 2.22 bits per heavy atom. The molecule has 1 saturated heterocycles. The lowest BCUT2D eigenvalue weighted by molar-refractivity contribution is -0.144. The zero-order valence-corrected chi connectivity index (χ0v) is 14.7. The van der Waals surface area contributed by atoms with Gasteiger partial charge in [0, 0.05) is 13.1 Å². The standard InChI is InChI=1S/C14H15N3O3S3/c15-7-10-3-6-22-13(10)16-11(18)8-20-12(19)9-23-14(21)17-4-1-2-5-17/h3,6H,1-2,4-5,8-9H2,(H,16,18). The van der Waals surface area contributed by atoms with Crippen LogP contribution >= 0.6 is 35.3 Å². The van der Waals surface area contributed by atoms with Crippen LogP contribution in [0.15, 0.2) is 11.4 Å². The summed E-state index contributed by atoms with van der Waals surface area (Å²) in [5.41, 5.74) is 0.390. The summed E-state index contributed by atoms with van der Waals surface area (Å²) in [7, 11) is 0. The lowest BCUT2D eigenvalue weighted by atomic mass is 10.3. The predicted molar refractivity (Wildman–Crippen MR) is 94.5 cm³/mol. The fourth-order valence-corrected chi connectivity index (χ4v) is 3.76. The van der Waals surface area contributed by atoms with Crippen molar-refractivity contribution < 1.29 is 14.3 Å². The second-order valence-corrected chi connectivity index (χ2v) is 7.26. The van der Waals surface area contributed by atoms with Crippen LogP contribution < -0.4 is 5.32 Å². The topological polar surface area (TPSA) is 82.4 Å². The van der Waals surface area contributed by atoms with E-state index in [2.05, 4.69) is 10.2 Å². The van der Waals surface area contributed by atoms with Gasteiger partial charge >= 0.3 is 5.97 Å². The number of nitrogens with zero attached hydrogens (tertiary/aromatic N) is 2. The Hall–Kier alpha value is -1.63. The highest BCUT2D eigenvalue weighted by Gasteiger charge is 2.17. The highest BCUT2D eigenvalue weighted by Crippen LogP contribution is 2.22. The van der Waals surface area contributed by atoms with E-state index in [9.17, 15) is 9.59 Å². The van der Waals surface area contributed by atoms with Gasteiger partial charge in [0.1, 0.15) is 15.4 Å². The number of thioether (sulfide) groups is 1. The summed E-state index contributed by atoms with van der Waals surface area (Å²) in [6.07, 6.45) is 2.25. The highest BCUT2D eigenvalue weighted by atomic mass is 32.2. The maximum absolute atomic E-state index is 11.7. The molecule has 1 amide bonds. The number of nitriles is 1. The fourth-order valence-electron chi connectivity index (χ4n) is 1.96. The zero-order valence-electron chi connectivity index (χ0n) is 12.2. The number of carbonyl (C=O) groups is 2. The van der Waals surface area contributed by atoms with E-state index in [1.54, 1.807) is 11.4 Å². The third-order valence-electron chi connectivity index (χ3n) is 3.08. The average molecular weight is 369 g/mol. The first-order valence-electron chi connectivity index (χ1n) is 6.95. The molecule has 0 radical (unpaired) electrons. The first-order chi connectivity index (χ1) is 11.1. The molecule has 1 N–H and O–H groups in total. The molecule has 0 atom stereocenters. The Balaban J connectivity index is 1.66. The minimum absolute atomic E-state index is 0.0884. The molecule has 0 spiro atoms. The summed E-state index contributed by atoms with van der Waals surface area (Å²) in [5, 5.41) is 13.6. The number of anilines is 1. The van der Waals surface area contributed by atoms with Crippen molar-refractivity contribution in [1.82, 2.24) is 4.90 Å². The number of amides is 1. The second-order valence-electron chi connectivity index (χ2n) is 4.73. The lowest BCUT2D eigenvalue weighted by Crippen LogP contribution is -2.25. The van der Waals surface area contributed by atoms with Crippen LogP contribution in [0, 0.1) is 11.3 Å². The first kappa shape index (κ1) is 17.7. The smallest absolute Gasteiger partial charge is 0.316 e. The first-order valence-corrected chi connectivity index (χ1v) is 9.22. The van der Waals surface area contributed by atoms with E-state index in [-0.39, 0.29) is 12.4 Å². The summed E-state index contributed by atoms with van der Waals surface area (Å²) in [6.45, 7) is 1.50. The largest absolute Gasteiger partial charge is 0.455 e. The number of thiocarbonyl (C=S) groups is 1. The minimum atomic E-state index is -0.488. The molecule has 23 heavy (non-hydrogen) atoms. The molecular formula is C14H15N3O3S3. The Labute approximate surface area is 147 Å². The number of hydrogen-bond donors (Lipinski definition) is 1. The highest BCUT2D eigenvalue weighted by molar-refractivity contribution is 8.23. The number of thiophene rings is 1. The van der Waals surface area contributed by atoms with Crippen molar-refractivity contribution in [2.75, 3.05) is 30.8 Å². The molecule has 1 aliphatic rings. The molecule has 1 aliphatic heterocycles. The van der Waals surface area contributed by atoms with E-state index in [0.717, 1.165) is 25.9 Å². The molecule has 0 saturated carbocycles. The van der Waals surface area contributed by atoms with Gasteiger partial charge < -0.3 is 15.0 Å². The van der Waals surface area contributed by atoms with Crippen LogP contribution in [0.3, 0.4) is 0 Å². The second kappa shape index (κ2) is 8.86. The van der Waals surface area contributed by atoms with Crippen molar-refractivity contribution in [3.8, 4) is 6.07 Å². The summed E-state index contributed by atoms with van der Waals surface area (Å²) >= 11 is 7.74. The zero-order chi connectivity index (χ0) is 16.7. The number of esters is 1. The van der Waals surface area contributed by atoms with Crippen LogP contribution in [0.5, 0.6) is 0 Å². The number of likely N-dealkylation sites (tertiary alicyclic amines) is 1. The normalized spacial score (nSPS) is 13.4. The SMILES string of the molecule is N#Cc1ccsc1NC(=O)COC(=O)CSC(=S)N1CCCC1. The number of rotatable bonds is 5. The third-order valence-corrected chi connectivity index (χ3v) is 5.41. The van der Waals surface area contributed by atoms with E-state index in [0.29, 0.717) is 14.9 Å². The summed E-state index contributed by atoms with van der Waals surface area (Å²) in [6, 6.07) is 3.58. The number of carbonyl (C=O) groups excluding carboxylic acids is 2. The maximum Gasteiger partial charge on any atom is 0.316 e. The van der Waals surface area contributed by atoms with Gasteiger partial charge in [-0.2, -0.15) is 5.26 Å². The van der Waals surface area contributed by atoms with Crippen molar-refractivity contribution in [1.29, 1.82) is 5.26 Å². The number of ether oxygens (including phenoxy) is 1.